The Hall–Kier alpha value is -1.04. The molecule has 1 aliphatic carbocycles. The molecule has 0 bridgehead atoms. The first-order valence-electron chi connectivity index (χ1n) is 7.66. The van der Waals surface area contributed by atoms with Gasteiger partial charge in [0.1, 0.15) is 0 Å². The van der Waals surface area contributed by atoms with E-state index in [4.69, 9.17) is 10.6 Å². The third kappa shape index (κ3) is 3.10. The van der Waals surface area contributed by atoms with Crippen molar-refractivity contribution in [1.29, 1.82) is 0 Å². The summed E-state index contributed by atoms with van der Waals surface area (Å²) < 4.78 is 32.2. The van der Waals surface area contributed by atoms with Gasteiger partial charge in [0.05, 0.1) is 5.60 Å². The summed E-state index contributed by atoms with van der Waals surface area (Å²) in [6, 6.07) is 4.13. The van der Waals surface area contributed by atoms with Crippen LogP contribution in [-0.4, -0.2) is 18.2 Å². The van der Waals surface area contributed by atoms with Crippen molar-refractivity contribution in [3.63, 3.8) is 0 Å². The molecule has 21 heavy (non-hydrogen) atoms. The van der Waals surface area contributed by atoms with E-state index in [1.807, 2.05) is 0 Å². The molecule has 5 heteroatoms. The van der Waals surface area contributed by atoms with Crippen molar-refractivity contribution in [3.8, 4) is 0 Å². The summed E-state index contributed by atoms with van der Waals surface area (Å²) in [6.45, 7) is 0.765. The third-order valence-corrected chi connectivity index (χ3v) is 5.02. The zero-order valence-electron chi connectivity index (χ0n) is 12.1. The second-order valence-electron chi connectivity index (χ2n) is 6.36. The standard InChI is InChI=1S/C16H22F2N2O/c17-13-3-2-11(8-14(13)18)9-15(20-19)12-4-7-21-16(10-12)5-1-6-16/h2-3,8,12,15,20H,1,4-7,9-10,19H2. The number of nitrogens with two attached hydrogens (primary N) is 1. The van der Waals surface area contributed by atoms with Gasteiger partial charge in [0.2, 0.25) is 0 Å². The lowest BCUT2D eigenvalue weighted by Gasteiger charge is -2.48. The number of rotatable bonds is 4. The topological polar surface area (TPSA) is 47.3 Å². The van der Waals surface area contributed by atoms with Gasteiger partial charge in [0, 0.05) is 12.6 Å². The zero-order chi connectivity index (χ0) is 14.9. The second-order valence-corrected chi connectivity index (χ2v) is 6.36. The SMILES string of the molecule is NNC(Cc1ccc(F)c(F)c1)C1CCOC2(CCC2)C1. The maximum absolute atomic E-state index is 13.3. The van der Waals surface area contributed by atoms with Crippen LogP contribution in [0.5, 0.6) is 0 Å². The Morgan fingerprint density at radius 1 is 1.33 bits per heavy atom. The van der Waals surface area contributed by atoms with E-state index in [1.165, 1.54) is 18.6 Å². The quantitative estimate of drug-likeness (QED) is 0.663. The Labute approximate surface area is 123 Å². The smallest absolute Gasteiger partial charge is 0.159 e. The van der Waals surface area contributed by atoms with Crippen molar-refractivity contribution in [2.24, 2.45) is 11.8 Å². The number of halogens is 2. The highest BCUT2D eigenvalue weighted by molar-refractivity contribution is 5.19. The Morgan fingerprint density at radius 2 is 2.14 bits per heavy atom. The highest BCUT2D eigenvalue weighted by Crippen LogP contribution is 2.45. The van der Waals surface area contributed by atoms with E-state index in [0.29, 0.717) is 12.3 Å². The highest BCUT2D eigenvalue weighted by Gasteiger charge is 2.44. The fourth-order valence-corrected chi connectivity index (χ4v) is 3.61. The summed E-state index contributed by atoms with van der Waals surface area (Å²) in [7, 11) is 0. The Morgan fingerprint density at radius 3 is 2.76 bits per heavy atom. The van der Waals surface area contributed by atoms with E-state index in [0.717, 1.165) is 37.9 Å². The maximum Gasteiger partial charge on any atom is 0.159 e. The van der Waals surface area contributed by atoms with Crippen molar-refractivity contribution in [3.05, 3.63) is 35.4 Å². The first-order valence-corrected chi connectivity index (χ1v) is 7.66. The number of hydrogen-bond acceptors (Lipinski definition) is 3. The van der Waals surface area contributed by atoms with Crippen molar-refractivity contribution in [1.82, 2.24) is 5.43 Å². The molecule has 1 saturated heterocycles. The van der Waals surface area contributed by atoms with E-state index in [2.05, 4.69) is 5.43 Å². The summed E-state index contributed by atoms with van der Waals surface area (Å²) in [5.41, 5.74) is 3.70. The van der Waals surface area contributed by atoms with Crippen LogP contribution in [0.15, 0.2) is 18.2 Å². The van der Waals surface area contributed by atoms with E-state index < -0.39 is 11.6 Å². The molecule has 2 fully saturated rings. The minimum Gasteiger partial charge on any atom is -0.375 e. The molecular weight excluding hydrogens is 274 g/mol. The van der Waals surface area contributed by atoms with Crippen LogP contribution < -0.4 is 11.3 Å². The molecule has 2 aliphatic rings. The molecule has 1 saturated carbocycles. The summed E-state index contributed by atoms with van der Waals surface area (Å²) in [6.07, 6.45) is 6.06. The Kier molecular flexibility index (Phi) is 4.24. The molecule has 1 aromatic carbocycles. The summed E-state index contributed by atoms with van der Waals surface area (Å²) in [4.78, 5) is 0. The monoisotopic (exact) mass is 296 g/mol. The molecular formula is C16H22F2N2O. The van der Waals surface area contributed by atoms with Crippen LogP contribution in [0.4, 0.5) is 8.78 Å². The molecule has 3 rings (SSSR count). The van der Waals surface area contributed by atoms with Crippen molar-refractivity contribution in [2.45, 2.75) is 50.2 Å². The third-order valence-electron chi connectivity index (χ3n) is 5.02. The zero-order valence-corrected chi connectivity index (χ0v) is 12.1. The van der Waals surface area contributed by atoms with Gasteiger partial charge in [-0.05, 0) is 62.1 Å². The van der Waals surface area contributed by atoms with Crippen LogP contribution in [0.25, 0.3) is 0 Å². The molecule has 3 nitrogen and oxygen atoms in total. The molecule has 1 aromatic rings. The van der Waals surface area contributed by atoms with Crippen LogP contribution in [-0.2, 0) is 11.2 Å². The minimum absolute atomic E-state index is 0.0616. The summed E-state index contributed by atoms with van der Waals surface area (Å²) in [5, 5.41) is 0. The largest absolute Gasteiger partial charge is 0.375 e. The summed E-state index contributed by atoms with van der Waals surface area (Å²) >= 11 is 0. The fourth-order valence-electron chi connectivity index (χ4n) is 3.61. The molecule has 1 heterocycles. The first-order chi connectivity index (χ1) is 10.1. The molecule has 116 valence electrons. The molecule has 0 amide bonds. The lowest BCUT2D eigenvalue weighted by molar-refractivity contribution is -0.147. The lowest BCUT2D eigenvalue weighted by Crippen LogP contribution is -2.52. The predicted molar refractivity (Wildman–Crippen MR) is 76.4 cm³/mol. The molecule has 1 aliphatic heterocycles. The number of benzene rings is 1. The average Bonchev–Trinajstić information content (AvgIpc) is 2.47. The number of ether oxygens (including phenoxy) is 1. The number of nitrogens with one attached hydrogen (secondary N) is 1. The Bertz CT molecular complexity index is 505. The van der Waals surface area contributed by atoms with Gasteiger partial charge in [-0.3, -0.25) is 11.3 Å². The van der Waals surface area contributed by atoms with Crippen LogP contribution in [0.2, 0.25) is 0 Å². The number of hydrazine groups is 1. The van der Waals surface area contributed by atoms with Gasteiger partial charge in [-0.25, -0.2) is 8.78 Å². The van der Waals surface area contributed by atoms with Crippen molar-refractivity contribution in [2.75, 3.05) is 6.61 Å². The van der Waals surface area contributed by atoms with E-state index in [1.54, 1.807) is 6.07 Å². The van der Waals surface area contributed by atoms with E-state index in [-0.39, 0.29) is 11.6 Å². The van der Waals surface area contributed by atoms with Gasteiger partial charge in [-0.1, -0.05) is 6.07 Å². The normalized spacial score (nSPS) is 25.6. The van der Waals surface area contributed by atoms with Gasteiger partial charge in [-0.2, -0.15) is 0 Å². The fraction of sp³-hybridized carbons (Fsp3) is 0.625. The van der Waals surface area contributed by atoms with Crippen LogP contribution in [0.1, 0.15) is 37.7 Å². The van der Waals surface area contributed by atoms with Crippen LogP contribution in [0.3, 0.4) is 0 Å². The molecule has 3 N–H and O–H groups in total. The number of hydrogen-bond donors (Lipinski definition) is 2. The van der Waals surface area contributed by atoms with E-state index >= 15 is 0 Å². The molecule has 0 radical (unpaired) electrons. The van der Waals surface area contributed by atoms with Gasteiger partial charge in [0.25, 0.3) is 0 Å². The molecule has 2 unspecified atom stereocenters. The van der Waals surface area contributed by atoms with Gasteiger partial charge >= 0.3 is 0 Å². The van der Waals surface area contributed by atoms with Crippen molar-refractivity contribution < 1.29 is 13.5 Å². The first kappa shape index (κ1) is 14.9. The van der Waals surface area contributed by atoms with Crippen LogP contribution >= 0.6 is 0 Å². The van der Waals surface area contributed by atoms with Crippen molar-refractivity contribution >= 4 is 0 Å². The molecule has 1 spiro atoms. The lowest BCUT2D eigenvalue weighted by atomic mass is 9.70. The van der Waals surface area contributed by atoms with Crippen LogP contribution in [0, 0.1) is 17.6 Å². The van der Waals surface area contributed by atoms with Gasteiger partial charge < -0.3 is 4.74 Å². The second kappa shape index (κ2) is 5.99. The maximum atomic E-state index is 13.3. The van der Waals surface area contributed by atoms with E-state index in [9.17, 15) is 8.78 Å². The van der Waals surface area contributed by atoms with Gasteiger partial charge in [-0.15, -0.1) is 0 Å². The minimum atomic E-state index is -0.810. The predicted octanol–water partition coefficient (Wildman–Crippen LogP) is 2.69. The average molecular weight is 296 g/mol. The molecule has 0 aromatic heterocycles. The summed E-state index contributed by atoms with van der Waals surface area (Å²) in [5.74, 6) is 4.51. The molecule has 2 atom stereocenters. The Balaban J connectivity index is 1.68. The van der Waals surface area contributed by atoms with Gasteiger partial charge in [0.15, 0.2) is 11.6 Å². The highest BCUT2D eigenvalue weighted by atomic mass is 19.2.